The molecule has 0 amide bonds. The van der Waals surface area contributed by atoms with Crippen molar-refractivity contribution < 1.29 is 10.6 Å². The molecule has 2 nitrogen and oxygen atoms in total. The van der Waals surface area contributed by atoms with E-state index in [-0.39, 0.29) is 5.48 Å². The molecule has 0 aliphatic rings. The quantitative estimate of drug-likeness (QED) is 0.588. The summed E-state index contributed by atoms with van der Waals surface area (Å²) < 4.78 is -0.750. The van der Waals surface area contributed by atoms with E-state index in [1.165, 1.54) is 25.7 Å². The smallest absolute Gasteiger partial charge is 0.180 e. The molecule has 0 rings (SSSR count). The molecule has 104 valence electrons. The van der Waals surface area contributed by atoms with E-state index < -0.39 is 4.30 Å². The highest BCUT2D eigenvalue weighted by Crippen LogP contribution is 2.03. The highest BCUT2D eigenvalue weighted by Gasteiger charge is 1.79. The van der Waals surface area contributed by atoms with E-state index >= 15 is 0 Å². The van der Waals surface area contributed by atoms with E-state index in [2.05, 4.69) is 20.8 Å². The van der Waals surface area contributed by atoms with Crippen LogP contribution in [0.25, 0.3) is 0 Å². The van der Waals surface area contributed by atoms with Gasteiger partial charge in [0.05, 0.1) is 0 Å². The molecule has 0 unspecified atom stereocenters. The fraction of sp³-hybridized carbons (Fsp3) is 1.00. The number of aliphatic hydroxyl groups is 1. The van der Waals surface area contributed by atoms with Gasteiger partial charge in [0, 0.05) is 6.61 Å². The van der Waals surface area contributed by atoms with Gasteiger partial charge < -0.3 is 10.6 Å². The first-order valence-corrected chi connectivity index (χ1v) is 6.90. The summed E-state index contributed by atoms with van der Waals surface area (Å²) in [5.41, 5.74) is 0. The minimum Gasteiger partial charge on any atom is -0.412 e. The second kappa shape index (κ2) is 29.7. The largest absolute Gasteiger partial charge is 0.412 e. The number of hydrogen-bond donors (Lipinski definition) is 1. The van der Waals surface area contributed by atoms with Crippen molar-refractivity contribution in [2.45, 2.75) is 63.6 Å². The Bertz CT molecular complexity index is 74.9. The van der Waals surface area contributed by atoms with Crippen molar-refractivity contribution >= 4 is 34.8 Å². The Labute approximate surface area is 116 Å². The van der Waals surface area contributed by atoms with Crippen LogP contribution in [0.4, 0.5) is 0 Å². The fourth-order valence-corrected chi connectivity index (χ4v) is 0.658. The lowest BCUT2D eigenvalue weighted by Crippen LogP contribution is -1.75. The van der Waals surface area contributed by atoms with Crippen molar-refractivity contribution in [3.05, 3.63) is 0 Å². The molecule has 0 aliphatic heterocycles. The minimum absolute atomic E-state index is 0. The first-order valence-electron chi connectivity index (χ1n) is 5.59. The average molecular weight is 298 g/mol. The molecule has 0 bridgehead atoms. The van der Waals surface area contributed by atoms with Gasteiger partial charge in [-0.2, -0.15) is 0 Å². The number of aliphatic hydroxyl groups excluding tert-OH is 1. The van der Waals surface area contributed by atoms with Crippen molar-refractivity contribution in [1.82, 2.24) is 0 Å². The summed E-state index contributed by atoms with van der Waals surface area (Å²) in [6, 6.07) is 0. The Morgan fingerprint density at radius 2 is 1.06 bits per heavy atom. The van der Waals surface area contributed by atoms with Crippen molar-refractivity contribution in [1.29, 1.82) is 0 Å². The van der Waals surface area contributed by atoms with Crippen LogP contribution in [0.15, 0.2) is 0 Å². The second-order valence-electron chi connectivity index (χ2n) is 3.03. The van der Waals surface area contributed by atoms with Gasteiger partial charge in [-0.15, -0.1) is 0 Å². The Morgan fingerprint density at radius 1 is 0.812 bits per heavy atom. The zero-order chi connectivity index (χ0) is 12.5. The van der Waals surface area contributed by atoms with Crippen LogP contribution in [-0.2, 0) is 0 Å². The fourth-order valence-electron chi connectivity index (χ4n) is 0.658. The van der Waals surface area contributed by atoms with Crippen molar-refractivity contribution in [2.24, 2.45) is 0 Å². The van der Waals surface area contributed by atoms with Crippen molar-refractivity contribution in [3.8, 4) is 0 Å². The third kappa shape index (κ3) is 83.9. The zero-order valence-corrected chi connectivity index (χ0v) is 12.9. The number of alkyl halides is 3. The van der Waals surface area contributed by atoms with E-state index in [4.69, 9.17) is 39.9 Å². The normalized spacial score (nSPS) is 8.25. The molecule has 0 aromatic heterocycles. The first-order chi connectivity index (χ1) is 7.06. The van der Waals surface area contributed by atoms with Crippen LogP contribution >= 0.6 is 34.8 Å². The van der Waals surface area contributed by atoms with Gasteiger partial charge in [0.2, 0.25) is 0 Å². The van der Waals surface area contributed by atoms with Crippen LogP contribution < -0.4 is 0 Å². The SMILES string of the molecule is CCCCCC.CCCCO.ClC(Cl)Cl.O. The third-order valence-corrected chi connectivity index (χ3v) is 1.47. The lowest BCUT2D eigenvalue weighted by atomic mass is 10.2. The van der Waals surface area contributed by atoms with Gasteiger partial charge in [-0.05, 0) is 6.42 Å². The number of halogens is 3. The number of rotatable bonds is 5. The molecule has 16 heavy (non-hydrogen) atoms. The predicted octanol–water partition coefficient (Wildman–Crippen LogP) is 4.53. The molecule has 0 spiro atoms. The summed E-state index contributed by atoms with van der Waals surface area (Å²) in [7, 11) is 0. The number of unbranched alkanes of at least 4 members (excludes halogenated alkanes) is 4. The monoisotopic (exact) mass is 296 g/mol. The van der Waals surface area contributed by atoms with Crippen LogP contribution in [0.1, 0.15) is 59.3 Å². The Hall–Kier alpha value is 0.790. The Morgan fingerprint density at radius 3 is 1.12 bits per heavy atom. The summed E-state index contributed by atoms with van der Waals surface area (Å²) in [5.74, 6) is 0. The van der Waals surface area contributed by atoms with E-state index in [0.717, 1.165) is 12.8 Å². The van der Waals surface area contributed by atoms with Gasteiger partial charge in [0.1, 0.15) is 0 Å². The summed E-state index contributed by atoms with van der Waals surface area (Å²) in [4.78, 5) is 0. The number of hydrogen-bond acceptors (Lipinski definition) is 1. The molecule has 0 saturated carbocycles. The highest BCUT2D eigenvalue weighted by molar-refractivity contribution is 6.63. The lowest BCUT2D eigenvalue weighted by molar-refractivity contribution is 0.287. The molecule has 5 heteroatoms. The van der Waals surface area contributed by atoms with Crippen molar-refractivity contribution in [3.63, 3.8) is 0 Å². The molecule has 0 radical (unpaired) electrons. The summed E-state index contributed by atoms with van der Waals surface area (Å²) in [5, 5.41) is 8.07. The molecule has 0 atom stereocenters. The maximum atomic E-state index is 8.07. The summed E-state index contributed by atoms with van der Waals surface area (Å²) in [6.07, 6.45) is 7.57. The molecule has 3 N–H and O–H groups in total. The Balaban J connectivity index is -0.0000000668. The van der Waals surface area contributed by atoms with Gasteiger partial charge in [0.15, 0.2) is 4.30 Å². The molecule has 0 fully saturated rings. The molecule has 0 aliphatic carbocycles. The maximum Gasteiger partial charge on any atom is 0.180 e. The van der Waals surface area contributed by atoms with E-state index in [1.807, 2.05) is 0 Å². The summed E-state index contributed by atoms with van der Waals surface area (Å²) >= 11 is 14.4. The third-order valence-electron chi connectivity index (χ3n) is 1.47. The molecular weight excluding hydrogens is 270 g/mol. The van der Waals surface area contributed by atoms with Gasteiger partial charge in [-0.1, -0.05) is 87.7 Å². The molecule has 0 aromatic rings. The summed E-state index contributed by atoms with van der Waals surface area (Å²) in [6.45, 7) is 6.86. The lowest BCUT2D eigenvalue weighted by Gasteiger charge is -1.86. The standard InChI is InChI=1S/C6H14.C4H10O.CHCl3.H2O/c1-3-5-6-4-2;1-2-3-4-5;2-1(3)4;/h3-6H2,1-2H3;5H,2-4H2,1H3;1H;1H2. The zero-order valence-electron chi connectivity index (χ0n) is 10.6. The average Bonchev–Trinajstić information content (AvgIpc) is 2.16. The van der Waals surface area contributed by atoms with Crippen LogP contribution in [0.3, 0.4) is 0 Å². The first kappa shape index (κ1) is 25.6. The molecule has 0 aromatic carbocycles. The van der Waals surface area contributed by atoms with Gasteiger partial charge >= 0.3 is 0 Å². The van der Waals surface area contributed by atoms with E-state index in [9.17, 15) is 0 Å². The predicted molar refractivity (Wildman–Crippen MR) is 76.8 cm³/mol. The van der Waals surface area contributed by atoms with Gasteiger partial charge in [-0.3, -0.25) is 0 Å². The highest BCUT2D eigenvalue weighted by atomic mass is 35.6. The van der Waals surface area contributed by atoms with Gasteiger partial charge in [0.25, 0.3) is 0 Å². The minimum atomic E-state index is -0.750. The van der Waals surface area contributed by atoms with Gasteiger partial charge in [-0.25, -0.2) is 0 Å². The van der Waals surface area contributed by atoms with E-state index in [1.54, 1.807) is 0 Å². The topological polar surface area (TPSA) is 51.7 Å². The molecule has 0 saturated heterocycles. The van der Waals surface area contributed by atoms with Crippen LogP contribution in [0.5, 0.6) is 0 Å². The van der Waals surface area contributed by atoms with Crippen LogP contribution in [0, 0.1) is 0 Å². The van der Waals surface area contributed by atoms with Crippen molar-refractivity contribution in [2.75, 3.05) is 6.61 Å². The maximum absolute atomic E-state index is 8.07. The Kier molecular flexibility index (Phi) is 47.4. The van der Waals surface area contributed by atoms with E-state index in [0.29, 0.717) is 6.61 Å². The second-order valence-corrected chi connectivity index (χ2v) is 5.01. The van der Waals surface area contributed by atoms with Crippen LogP contribution in [-0.4, -0.2) is 21.5 Å². The molecule has 0 heterocycles. The van der Waals surface area contributed by atoms with Crippen LogP contribution in [0.2, 0.25) is 0 Å². The molecular formula is C11H27Cl3O2.